The second kappa shape index (κ2) is 5.76. The number of nitrogens with zero attached hydrogens (tertiary/aromatic N) is 4. The number of hydrogen-bond donors (Lipinski definition) is 1. The Hall–Kier alpha value is -1.66. The Labute approximate surface area is 123 Å². The maximum atomic E-state index is 5.62. The number of aromatic nitrogens is 2. The van der Waals surface area contributed by atoms with Crippen LogP contribution in [0, 0.1) is 6.92 Å². The zero-order valence-electron chi connectivity index (χ0n) is 11.6. The largest absolute Gasteiger partial charge is 0.384 e. The summed E-state index contributed by atoms with van der Waals surface area (Å²) in [5.74, 6) is 0.575. The number of nitrogens with two attached hydrogens (primary N) is 1. The van der Waals surface area contributed by atoms with Crippen LogP contribution >= 0.6 is 11.3 Å². The van der Waals surface area contributed by atoms with Crippen molar-refractivity contribution in [3.63, 3.8) is 0 Å². The molecule has 1 aliphatic rings. The van der Waals surface area contributed by atoms with Gasteiger partial charge in [-0.25, -0.2) is 9.97 Å². The second-order valence-corrected chi connectivity index (χ2v) is 6.03. The molecule has 0 amide bonds. The van der Waals surface area contributed by atoms with E-state index in [4.69, 9.17) is 5.73 Å². The lowest BCUT2D eigenvalue weighted by Gasteiger charge is -2.35. The van der Waals surface area contributed by atoms with Gasteiger partial charge in [-0.2, -0.15) is 0 Å². The molecule has 0 saturated carbocycles. The van der Waals surface area contributed by atoms with Crippen molar-refractivity contribution < 1.29 is 0 Å². The first-order valence-electron chi connectivity index (χ1n) is 6.80. The molecule has 1 fully saturated rings. The van der Waals surface area contributed by atoms with E-state index in [9.17, 15) is 0 Å². The van der Waals surface area contributed by atoms with E-state index in [1.54, 1.807) is 11.3 Å². The quantitative estimate of drug-likeness (QED) is 0.933. The van der Waals surface area contributed by atoms with E-state index in [-0.39, 0.29) is 0 Å². The lowest BCUT2D eigenvalue weighted by molar-refractivity contribution is 0.249. The molecule has 2 N–H and O–H groups in total. The van der Waals surface area contributed by atoms with Crippen LogP contribution in [0.5, 0.6) is 0 Å². The zero-order chi connectivity index (χ0) is 13.9. The standard InChI is InChI=1S/C14H19N5S/c1-11-10-20-14(17-11)9-18-4-6-19(7-5-18)12-2-3-13(15)16-8-12/h2-3,8,10H,4-7,9H2,1H3,(H2,15,16). The van der Waals surface area contributed by atoms with Gasteiger partial charge in [-0.05, 0) is 19.1 Å². The second-order valence-electron chi connectivity index (χ2n) is 5.09. The maximum Gasteiger partial charge on any atom is 0.123 e. The van der Waals surface area contributed by atoms with Gasteiger partial charge in [0.1, 0.15) is 10.8 Å². The monoisotopic (exact) mass is 289 g/mol. The van der Waals surface area contributed by atoms with Crippen LogP contribution < -0.4 is 10.6 Å². The van der Waals surface area contributed by atoms with Gasteiger partial charge in [0.15, 0.2) is 0 Å². The molecule has 2 aromatic heterocycles. The number of anilines is 2. The molecular weight excluding hydrogens is 270 g/mol. The summed E-state index contributed by atoms with van der Waals surface area (Å²) in [5.41, 5.74) is 7.90. The maximum absolute atomic E-state index is 5.62. The molecule has 20 heavy (non-hydrogen) atoms. The molecule has 0 atom stereocenters. The number of piperazine rings is 1. The van der Waals surface area contributed by atoms with Crippen LogP contribution in [0.1, 0.15) is 10.7 Å². The minimum absolute atomic E-state index is 0.575. The summed E-state index contributed by atoms with van der Waals surface area (Å²) in [5, 5.41) is 3.33. The van der Waals surface area contributed by atoms with Crippen molar-refractivity contribution in [1.29, 1.82) is 0 Å². The van der Waals surface area contributed by atoms with Gasteiger partial charge in [-0.15, -0.1) is 11.3 Å². The molecule has 0 aromatic carbocycles. The van der Waals surface area contributed by atoms with Crippen molar-refractivity contribution >= 4 is 22.8 Å². The van der Waals surface area contributed by atoms with Crippen molar-refractivity contribution in [2.45, 2.75) is 13.5 Å². The van der Waals surface area contributed by atoms with Gasteiger partial charge >= 0.3 is 0 Å². The summed E-state index contributed by atoms with van der Waals surface area (Å²) in [6.45, 7) is 7.18. The lowest BCUT2D eigenvalue weighted by atomic mass is 10.2. The highest BCUT2D eigenvalue weighted by Gasteiger charge is 2.18. The van der Waals surface area contributed by atoms with Crippen molar-refractivity contribution in [2.75, 3.05) is 36.8 Å². The predicted octanol–water partition coefficient (Wildman–Crippen LogP) is 1.75. The summed E-state index contributed by atoms with van der Waals surface area (Å²) in [4.78, 5) is 13.5. The minimum Gasteiger partial charge on any atom is -0.384 e. The van der Waals surface area contributed by atoms with Crippen LogP contribution in [0.15, 0.2) is 23.7 Å². The number of nitrogen functional groups attached to an aromatic ring is 1. The Balaban J connectivity index is 1.55. The number of thiazole rings is 1. The van der Waals surface area contributed by atoms with Gasteiger partial charge in [0.25, 0.3) is 0 Å². The average molecular weight is 289 g/mol. The van der Waals surface area contributed by atoms with Crippen LogP contribution in [-0.2, 0) is 6.54 Å². The van der Waals surface area contributed by atoms with E-state index in [1.807, 2.05) is 25.3 Å². The minimum atomic E-state index is 0.575. The molecule has 3 rings (SSSR count). The molecular formula is C14H19N5S. The summed E-state index contributed by atoms with van der Waals surface area (Å²) in [6, 6.07) is 3.90. The van der Waals surface area contributed by atoms with E-state index in [2.05, 4.69) is 25.1 Å². The normalized spacial score (nSPS) is 16.6. The fraction of sp³-hybridized carbons (Fsp3) is 0.429. The van der Waals surface area contributed by atoms with Crippen molar-refractivity contribution in [2.24, 2.45) is 0 Å². The average Bonchev–Trinajstić information content (AvgIpc) is 2.86. The number of pyridine rings is 1. The molecule has 0 spiro atoms. The molecule has 1 saturated heterocycles. The van der Waals surface area contributed by atoms with Crippen LogP contribution in [0.4, 0.5) is 11.5 Å². The molecule has 0 aliphatic carbocycles. The molecule has 106 valence electrons. The SMILES string of the molecule is Cc1csc(CN2CCN(c3ccc(N)nc3)CC2)n1. The summed E-state index contributed by atoms with van der Waals surface area (Å²) in [7, 11) is 0. The number of rotatable bonds is 3. The Morgan fingerprint density at radius 1 is 1.25 bits per heavy atom. The molecule has 5 nitrogen and oxygen atoms in total. The van der Waals surface area contributed by atoms with Crippen molar-refractivity contribution in [1.82, 2.24) is 14.9 Å². The van der Waals surface area contributed by atoms with Gasteiger partial charge in [-0.1, -0.05) is 0 Å². The summed E-state index contributed by atoms with van der Waals surface area (Å²) in [6.07, 6.45) is 1.86. The van der Waals surface area contributed by atoms with E-state index in [1.165, 1.54) is 5.01 Å². The van der Waals surface area contributed by atoms with Gasteiger partial charge in [0.05, 0.1) is 18.4 Å². The van der Waals surface area contributed by atoms with Crippen LogP contribution in [0.25, 0.3) is 0 Å². The van der Waals surface area contributed by atoms with E-state index in [0.717, 1.165) is 44.1 Å². The zero-order valence-corrected chi connectivity index (χ0v) is 12.4. The summed E-state index contributed by atoms with van der Waals surface area (Å²) >= 11 is 1.75. The fourth-order valence-electron chi connectivity index (χ4n) is 2.42. The van der Waals surface area contributed by atoms with Crippen LogP contribution in [0.3, 0.4) is 0 Å². The number of aryl methyl sites for hydroxylation is 1. The van der Waals surface area contributed by atoms with E-state index >= 15 is 0 Å². The highest BCUT2D eigenvalue weighted by atomic mass is 32.1. The van der Waals surface area contributed by atoms with Crippen molar-refractivity contribution in [3.05, 3.63) is 34.4 Å². The molecule has 0 bridgehead atoms. The molecule has 1 aliphatic heterocycles. The van der Waals surface area contributed by atoms with Gasteiger partial charge in [0, 0.05) is 37.3 Å². The van der Waals surface area contributed by atoms with Crippen LogP contribution in [-0.4, -0.2) is 41.0 Å². The van der Waals surface area contributed by atoms with Crippen LogP contribution in [0.2, 0.25) is 0 Å². The Morgan fingerprint density at radius 2 is 2.05 bits per heavy atom. The third-order valence-corrected chi connectivity index (χ3v) is 4.49. The third kappa shape index (κ3) is 3.08. The van der Waals surface area contributed by atoms with Gasteiger partial charge < -0.3 is 10.6 Å². The molecule has 3 heterocycles. The Bertz CT molecular complexity index is 557. The topological polar surface area (TPSA) is 58.3 Å². The molecule has 2 aromatic rings. The summed E-state index contributed by atoms with van der Waals surface area (Å²) < 4.78 is 0. The highest BCUT2D eigenvalue weighted by Crippen LogP contribution is 2.18. The Kier molecular flexibility index (Phi) is 3.84. The fourth-order valence-corrected chi connectivity index (χ4v) is 3.23. The Morgan fingerprint density at radius 3 is 2.65 bits per heavy atom. The van der Waals surface area contributed by atoms with E-state index < -0.39 is 0 Å². The van der Waals surface area contributed by atoms with Gasteiger partial charge in [-0.3, -0.25) is 4.90 Å². The van der Waals surface area contributed by atoms with Gasteiger partial charge in [0.2, 0.25) is 0 Å². The third-order valence-electron chi connectivity index (χ3n) is 3.53. The predicted molar refractivity (Wildman–Crippen MR) is 83.0 cm³/mol. The first-order chi connectivity index (χ1) is 9.70. The van der Waals surface area contributed by atoms with E-state index in [0.29, 0.717) is 5.82 Å². The molecule has 0 unspecified atom stereocenters. The highest BCUT2D eigenvalue weighted by molar-refractivity contribution is 7.09. The molecule has 0 radical (unpaired) electrons. The number of hydrogen-bond acceptors (Lipinski definition) is 6. The first-order valence-corrected chi connectivity index (χ1v) is 7.68. The lowest BCUT2D eigenvalue weighted by Crippen LogP contribution is -2.46. The molecule has 6 heteroatoms. The first kappa shape index (κ1) is 13.3. The van der Waals surface area contributed by atoms with Crippen molar-refractivity contribution in [3.8, 4) is 0 Å². The smallest absolute Gasteiger partial charge is 0.123 e.